The molecule has 0 aliphatic carbocycles. The van der Waals surface area contributed by atoms with Crippen LogP contribution in [0.15, 0.2) is 14.3 Å². The third-order valence-electron chi connectivity index (χ3n) is 4.56. The molecule has 1 fully saturated rings. The molecule has 0 radical (unpaired) electrons. The number of nitrogens with zero attached hydrogens (tertiary/aromatic N) is 4. The summed E-state index contributed by atoms with van der Waals surface area (Å²) in [6, 6.07) is 1.89. The molecule has 0 atom stereocenters. The standard InChI is InChI=1S/C16H20Br2N4OS/c1-10-12(11(2)20(3)19-10)9-21-4-6-22(7-5-21)16(23)14-8-13(17)15(18)24-14/h8H,4-7,9H2,1-3H3. The molecule has 0 aromatic carbocycles. The molecule has 1 saturated heterocycles. The van der Waals surface area contributed by atoms with Gasteiger partial charge in [0.1, 0.15) is 0 Å². The van der Waals surface area contributed by atoms with Crippen molar-refractivity contribution in [3.05, 3.63) is 36.2 Å². The topological polar surface area (TPSA) is 41.4 Å². The van der Waals surface area contributed by atoms with E-state index in [1.807, 2.05) is 22.7 Å². The van der Waals surface area contributed by atoms with Gasteiger partial charge in [0.15, 0.2) is 0 Å². The third-order valence-corrected chi connectivity index (χ3v) is 7.80. The molecule has 0 saturated carbocycles. The maximum atomic E-state index is 12.6. The Morgan fingerprint density at radius 3 is 2.42 bits per heavy atom. The van der Waals surface area contributed by atoms with Crippen molar-refractivity contribution in [3.63, 3.8) is 0 Å². The minimum Gasteiger partial charge on any atom is -0.335 e. The van der Waals surface area contributed by atoms with E-state index >= 15 is 0 Å². The normalized spacial score (nSPS) is 16.0. The molecule has 2 aromatic heterocycles. The molecule has 2 aromatic rings. The Bertz CT molecular complexity index is 743. The van der Waals surface area contributed by atoms with Crippen LogP contribution in [0.4, 0.5) is 0 Å². The van der Waals surface area contributed by atoms with Gasteiger partial charge in [0, 0.05) is 55.5 Å². The van der Waals surface area contributed by atoms with E-state index in [4.69, 9.17) is 0 Å². The lowest BCUT2D eigenvalue weighted by Crippen LogP contribution is -2.48. The third kappa shape index (κ3) is 3.61. The number of carbonyl (C=O) groups excluding carboxylic acids is 1. The van der Waals surface area contributed by atoms with Crippen LogP contribution in [0.3, 0.4) is 0 Å². The Labute approximate surface area is 162 Å². The highest BCUT2D eigenvalue weighted by atomic mass is 79.9. The van der Waals surface area contributed by atoms with Crippen LogP contribution in [-0.2, 0) is 13.6 Å². The number of carbonyl (C=O) groups is 1. The Morgan fingerprint density at radius 2 is 1.92 bits per heavy atom. The monoisotopic (exact) mass is 474 g/mol. The van der Waals surface area contributed by atoms with Crippen molar-refractivity contribution in [1.82, 2.24) is 19.6 Å². The molecule has 1 aliphatic heterocycles. The van der Waals surface area contributed by atoms with Crippen molar-refractivity contribution in [1.29, 1.82) is 0 Å². The molecule has 3 heterocycles. The lowest BCUT2D eigenvalue weighted by Gasteiger charge is -2.34. The van der Waals surface area contributed by atoms with E-state index in [1.54, 1.807) is 0 Å². The van der Waals surface area contributed by atoms with E-state index in [2.05, 4.69) is 55.7 Å². The van der Waals surface area contributed by atoms with Gasteiger partial charge in [-0.1, -0.05) is 0 Å². The maximum Gasteiger partial charge on any atom is 0.264 e. The second-order valence-corrected chi connectivity index (χ2v) is 9.30. The largest absolute Gasteiger partial charge is 0.335 e. The minimum atomic E-state index is 0.125. The number of aryl methyl sites for hydroxylation is 2. The van der Waals surface area contributed by atoms with Crippen molar-refractivity contribution in [3.8, 4) is 0 Å². The van der Waals surface area contributed by atoms with Crippen LogP contribution < -0.4 is 0 Å². The predicted molar refractivity (Wildman–Crippen MR) is 104 cm³/mol. The summed E-state index contributed by atoms with van der Waals surface area (Å²) in [5.41, 5.74) is 3.63. The van der Waals surface area contributed by atoms with Crippen molar-refractivity contribution >= 4 is 49.1 Å². The van der Waals surface area contributed by atoms with Crippen LogP contribution in [0, 0.1) is 13.8 Å². The molecule has 0 bridgehead atoms. The van der Waals surface area contributed by atoms with Crippen molar-refractivity contribution in [2.24, 2.45) is 7.05 Å². The first-order chi connectivity index (χ1) is 11.4. The maximum absolute atomic E-state index is 12.6. The Morgan fingerprint density at radius 1 is 1.25 bits per heavy atom. The summed E-state index contributed by atoms with van der Waals surface area (Å²) in [5, 5.41) is 4.49. The zero-order valence-electron chi connectivity index (χ0n) is 14.0. The second-order valence-electron chi connectivity index (χ2n) is 6.07. The van der Waals surface area contributed by atoms with E-state index in [-0.39, 0.29) is 5.91 Å². The molecular formula is C16H20Br2N4OS. The lowest BCUT2D eigenvalue weighted by molar-refractivity contribution is 0.0632. The average Bonchev–Trinajstić information content (AvgIpc) is 3.01. The number of halogens is 2. The molecule has 0 N–H and O–H groups in total. The molecule has 0 unspecified atom stereocenters. The fourth-order valence-corrected chi connectivity index (χ4v) is 4.99. The van der Waals surface area contributed by atoms with Gasteiger partial charge in [0.05, 0.1) is 14.4 Å². The van der Waals surface area contributed by atoms with Gasteiger partial charge < -0.3 is 4.90 Å². The van der Waals surface area contributed by atoms with Crippen molar-refractivity contribution in [2.75, 3.05) is 26.2 Å². The van der Waals surface area contributed by atoms with Crippen LogP contribution in [-0.4, -0.2) is 51.7 Å². The van der Waals surface area contributed by atoms with Gasteiger partial charge in [-0.05, 0) is 51.8 Å². The molecule has 0 spiro atoms. The van der Waals surface area contributed by atoms with Gasteiger partial charge in [-0.15, -0.1) is 11.3 Å². The number of piperazine rings is 1. The molecule has 8 heteroatoms. The summed E-state index contributed by atoms with van der Waals surface area (Å²) in [4.78, 5) is 17.7. The number of thiophene rings is 1. The first-order valence-electron chi connectivity index (χ1n) is 7.82. The van der Waals surface area contributed by atoms with Gasteiger partial charge in [-0.3, -0.25) is 14.4 Å². The minimum absolute atomic E-state index is 0.125. The van der Waals surface area contributed by atoms with Gasteiger partial charge in [0.2, 0.25) is 0 Å². The van der Waals surface area contributed by atoms with Crippen molar-refractivity contribution < 1.29 is 4.79 Å². The fourth-order valence-electron chi connectivity index (χ4n) is 2.99. The van der Waals surface area contributed by atoms with E-state index in [9.17, 15) is 4.79 Å². The van der Waals surface area contributed by atoms with E-state index in [0.29, 0.717) is 0 Å². The summed E-state index contributed by atoms with van der Waals surface area (Å²) < 4.78 is 3.85. The van der Waals surface area contributed by atoms with E-state index in [1.165, 1.54) is 22.6 Å². The number of hydrogen-bond donors (Lipinski definition) is 0. The lowest BCUT2D eigenvalue weighted by atomic mass is 10.1. The molecule has 130 valence electrons. The van der Waals surface area contributed by atoms with Crippen LogP contribution >= 0.6 is 43.2 Å². The van der Waals surface area contributed by atoms with E-state index < -0.39 is 0 Å². The molecular weight excluding hydrogens is 456 g/mol. The Balaban J connectivity index is 1.60. The first-order valence-corrected chi connectivity index (χ1v) is 10.2. The fraction of sp³-hybridized carbons (Fsp3) is 0.500. The average molecular weight is 476 g/mol. The Kier molecular flexibility index (Phi) is 5.48. The number of amides is 1. The molecule has 1 aliphatic rings. The van der Waals surface area contributed by atoms with Crippen LogP contribution in [0.1, 0.15) is 26.6 Å². The number of hydrogen-bond acceptors (Lipinski definition) is 4. The van der Waals surface area contributed by atoms with Gasteiger partial charge in [0.25, 0.3) is 5.91 Å². The van der Waals surface area contributed by atoms with Crippen molar-refractivity contribution in [2.45, 2.75) is 20.4 Å². The summed E-state index contributed by atoms with van der Waals surface area (Å²) in [6.07, 6.45) is 0. The summed E-state index contributed by atoms with van der Waals surface area (Å²) in [7, 11) is 1.99. The highest BCUT2D eigenvalue weighted by Gasteiger charge is 2.25. The predicted octanol–water partition coefficient (Wildman–Crippen LogP) is 3.58. The Hall–Kier alpha value is -0.700. The summed E-state index contributed by atoms with van der Waals surface area (Å²) in [6.45, 7) is 8.41. The molecule has 3 rings (SSSR count). The highest BCUT2D eigenvalue weighted by Crippen LogP contribution is 2.33. The zero-order chi connectivity index (χ0) is 17.4. The number of aromatic nitrogens is 2. The quantitative estimate of drug-likeness (QED) is 0.681. The smallest absolute Gasteiger partial charge is 0.264 e. The van der Waals surface area contributed by atoms with E-state index in [0.717, 1.165) is 51.6 Å². The van der Waals surface area contributed by atoms with Crippen LogP contribution in [0.2, 0.25) is 0 Å². The zero-order valence-corrected chi connectivity index (χ0v) is 18.0. The van der Waals surface area contributed by atoms with Crippen LogP contribution in [0.25, 0.3) is 0 Å². The summed E-state index contributed by atoms with van der Waals surface area (Å²) in [5.74, 6) is 0.125. The van der Waals surface area contributed by atoms with Crippen LogP contribution in [0.5, 0.6) is 0 Å². The van der Waals surface area contributed by atoms with Gasteiger partial charge in [-0.2, -0.15) is 5.10 Å². The number of rotatable bonds is 3. The summed E-state index contributed by atoms with van der Waals surface area (Å²) >= 11 is 8.38. The van der Waals surface area contributed by atoms with Gasteiger partial charge in [-0.25, -0.2) is 0 Å². The molecule has 1 amide bonds. The highest BCUT2D eigenvalue weighted by molar-refractivity contribution is 9.13. The molecule has 24 heavy (non-hydrogen) atoms. The second kappa shape index (κ2) is 7.27. The van der Waals surface area contributed by atoms with Gasteiger partial charge >= 0.3 is 0 Å². The first kappa shape index (κ1) is 18.1. The SMILES string of the molecule is Cc1nn(C)c(C)c1CN1CCN(C(=O)c2cc(Br)c(Br)s2)CC1. The molecule has 5 nitrogen and oxygen atoms in total.